The van der Waals surface area contributed by atoms with Crippen molar-refractivity contribution in [3.8, 4) is 5.75 Å². The maximum atomic E-state index is 12.8. The van der Waals surface area contributed by atoms with Gasteiger partial charge in [0.2, 0.25) is 5.91 Å². The summed E-state index contributed by atoms with van der Waals surface area (Å²) in [4.78, 5) is 16.0. The monoisotopic (exact) mass is 396 g/mol. The molecule has 0 spiro atoms. The third-order valence-electron chi connectivity index (χ3n) is 4.59. The zero-order valence-corrected chi connectivity index (χ0v) is 15.1. The summed E-state index contributed by atoms with van der Waals surface area (Å²) >= 11 is 0. The van der Waals surface area contributed by atoms with Crippen LogP contribution in [0.1, 0.15) is 12.0 Å². The lowest BCUT2D eigenvalue weighted by atomic mass is 10.1. The van der Waals surface area contributed by atoms with Crippen LogP contribution in [0.15, 0.2) is 48.5 Å². The van der Waals surface area contributed by atoms with Crippen LogP contribution in [0.25, 0.3) is 0 Å². The molecule has 0 radical (unpaired) electrons. The number of hydrogen-bond acceptors (Lipinski definition) is 3. The summed E-state index contributed by atoms with van der Waals surface area (Å²) in [6, 6.07) is 10.6. The van der Waals surface area contributed by atoms with E-state index in [0.29, 0.717) is 37.6 Å². The molecule has 150 valence electrons. The Morgan fingerprint density at radius 2 is 1.54 bits per heavy atom. The molecule has 1 amide bonds. The van der Waals surface area contributed by atoms with E-state index in [2.05, 4.69) is 0 Å². The van der Waals surface area contributed by atoms with E-state index in [1.54, 1.807) is 4.90 Å². The summed E-state index contributed by atoms with van der Waals surface area (Å²) < 4.78 is 56.2. The van der Waals surface area contributed by atoms with Crippen molar-refractivity contribution in [1.29, 1.82) is 0 Å². The van der Waals surface area contributed by atoms with Crippen molar-refractivity contribution in [3.05, 3.63) is 59.9 Å². The molecule has 0 N–H and O–H groups in total. The molecule has 0 unspecified atom stereocenters. The first-order valence-electron chi connectivity index (χ1n) is 8.91. The average molecular weight is 396 g/mol. The summed E-state index contributed by atoms with van der Waals surface area (Å²) in [6.45, 7) is 2.29. The molecule has 0 bridgehead atoms. The van der Waals surface area contributed by atoms with Gasteiger partial charge in [0.05, 0.1) is 18.6 Å². The normalized spacial score (nSPS) is 14.9. The summed E-state index contributed by atoms with van der Waals surface area (Å²) in [5.74, 6) is 0.102. The molecule has 2 aromatic carbocycles. The molecular weight excluding hydrogens is 376 g/mol. The number of rotatable bonds is 5. The number of amides is 1. The topological polar surface area (TPSA) is 32.8 Å². The van der Waals surface area contributed by atoms with Gasteiger partial charge in [0, 0.05) is 31.9 Å². The Morgan fingerprint density at radius 1 is 0.929 bits per heavy atom. The number of nitrogens with zero attached hydrogens (tertiary/aromatic N) is 2. The van der Waals surface area contributed by atoms with Crippen molar-refractivity contribution < 1.29 is 27.1 Å². The lowest BCUT2D eigenvalue weighted by Gasteiger charge is -2.36. The van der Waals surface area contributed by atoms with Crippen molar-refractivity contribution in [2.45, 2.75) is 12.6 Å². The van der Waals surface area contributed by atoms with Gasteiger partial charge in [0.15, 0.2) is 0 Å². The largest absolute Gasteiger partial charge is 0.493 e. The van der Waals surface area contributed by atoms with Crippen molar-refractivity contribution in [3.63, 3.8) is 0 Å². The molecule has 4 nitrogen and oxygen atoms in total. The molecular formula is C20H20F4N2O2. The van der Waals surface area contributed by atoms with Crippen LogP contribution in [0.4, 0.5) is 23.2 Å². The molecule has 0 saturated carbocycles. The molecule has 3 rings (SSSR count). The van der Waals surface area contributed by atoms with Crippen LogP contribution in [-0.4, -0.2) is 43.6 Å². The fourth-order valence-electron chi connectivity index (χ4n) is 3.02. The van der Waals surface area contributed by atoms with Crippen molar-refractivity contribution in [2.75, 3.05) is 37.7 Å². The summed E-state index contributed by atoms with van der Waals surface area (Å²) in [5, 5.41) is 0. The molecule has 1 aliphatic heterocycles. The fraction of sp³-hybridized carbons (Fsp3) is 0.350. The van der Waals surface area contributed by atoms with Crippen LogP contribution < -0.4 is 9.64 Å². The van der Waals surface area contributed by atoms with E-state index >= 15 is 0 Å². The second-order valence-corrected chi connectivity index (χ2v) is 6.46. The Kier molecular flexibility index (Phi) is 6.06. The maximum Gasteiger partial charge on any atom is 0.416 e. The number of carbonyl (C=O) groups excluding carboxylic acids is 1. The summed E-state index contributed by atoms with van der Waals surface area (Å²) in [6.07, 6.45) is -4.14. The number of piperazine rings is 1. The van der Waals surface area contributed by atoms with Gasteiger partial charge in [-0.15, -0.1) is 0 Å². The number of benzene rings is 2. The van der Waals surface area contributed by atoms with Gasteiger partial charge < -0.3 is 14.5 Å². The Bertz CT molecular complexity index is 783. The van der Waals surface area contributed by atoms with Gasteiger partial charge >= 0.3 is 6.18 Å². The third kappa shape index (κ3) is 5.15. The van der Waals surface area contributed by atoms with Crippen molar-refractivity contribution in [2.24, 2.45) is 0 Å². The number of hydrogen-bond donors (Lipinski definition) is 0. The first-order valence-corrected chi connectivity index (χ1v) is 8.91. The van der Waals surface area contributed by atoms with Gasteiger partial charge in [-0.05, 0) is 48.5 Å². The van der Waals surface area contributed by atoms with Gasteiger partial charge in [0.25, 0.3) is 0 Å². The fourth-order valence-corrected chi connectivity index (χ4v) is 3.02. The summed E-state index contributed by atoms with van der Waals surface area (Å²) in [7, 11) is 0. The van der Waals surface area contributed by atoms with Crippen molar-refractivity contribution in [1.82, 2.24) is 4.90 Å². The Labute approximate surface area is 160 Å². The van der Waals surface area contributed by atoms with E-state index < -0.39 is 11.7 Å². The molecule has 1 aliphatic rings. The second kappa shape index (κ2) is 8.50. The lowest BCUT2D eigenvalue weighted by molar-refractivity contribution is -0.137. The Balaban J connectivity index is 1.44. The third-order valence-corrected chi connectivity index (χ3v) is 4.59. The standard InChI is InChI=1S/C20H20F4N2O2/c21-16-3-7-18(8-4-16)28-14-9-19(27)26-12-10-25(11-13-26)17-5-1-15(2-6-17)20(22,23)24/h1-8H,9-14H2. The second-order valence-electron chi connectivity index (χ2n) is 6.46. The molecule has 28 heavy (non-hydrogen) atoms. The lowest BCUT2D eigenvalue weighted by Crippen LogP contribution is -2.49. The quantitative estimate of drug-likeness (QED) is 0.718. The highest BCUT2D eigenvalue weighted by Crippen LogP contribution is 2.30. The van der Waals surface area contributed by atoms with Crippen LogP contribution in [0, 0.1) is 5.82 Å². The van der Waals surface area contributed by atoms with Gasteiger partial charge in [0.1, 0.15) is 11.6 Å². The summed E-state index contributed by atoms with van der Waals surface area (Å²) in [5.41, 5.74) is 0.0333. The van der Waals surface area contributed by atoms with E-state index in [0.717, 1.165) is 12.1 Å². The number of anilines is 1. The smallest absolute Gasteiger partial charge is 0.416 e. The Morgan fingerprint density at radius 3 is 2.11 bits per heavy atom. The Hall–Kier alpha value is -2.77. The van der Waals surface area contributed by atoms with Gasteiger partial charge in [-0.2, -0.15) is 13.2 Å². The van der Waals surface area contributed by atoms with Crippen LogP contribution in [0.2, 0.25) is 0 Å². The number of ether oxygens (including phenoxy) is 1. The minimum absolute atomic E-state index is 0.0471. The highest BCUT2D eigenvalue weighted by atomic mass is 19.4. The molecule has 1 saturated heterocycles. The van der Waals surface area contributed by atoms with Crippen LogP contribution in [0.3, 0.4) is 0 Å². The first-order chi connectivity index (χ1) is 13.3. The molecule has 0 aliphatic carbocycles. The van der Waals surface area contributed by atoms with Crippen molar-refractivity contribution >= 4 is 11.6 Å². The minimum atomic E-state index is -4.35. The highest BCUT2D eigenvalue weighted by Gasteiger charge is 2.30. The van der Waals surface area contributed by atoms with Crippen LogP contribution >= 0.6 is 0 Å². The predicted molar refractivity (Wildman–Crippen MR) is 96.7 cm³/mol. The average Bonchev–Trinajstić information content (AvgIpc) is 2.69. The molecule has 8 heteroatoms. The molecule has 2 aromatic rings. The highest BCUT2D eigenvalue weighted by molar-refractivity contribution is 5.76. The molecule has 0 atom stereocenters. The number of halogens is 4. The molecule has 1 fully saturated rings. The first kappa shape index (κ1) is 20.0. The predicted octanol–water partition coefficient (Wildman–Crippen LogP) is 3.96. The van der Waals surface area contributed by atoms with E-state index in [4.69, 9.17) is 4.74 Å². The van der Waals surface area contributed by atoms with Crippen LogP contribution in [-0.2, 0) is 11.0 Å². The minimum Gasteiger partial charge on any atom is -0.493 e. The number of alkyl halides is 3. The van der Waals surface area contributed by atoms with E-state index in [1.165, 1.54) is 36.4 Å². The van der Waals surface area contributed by atoms with E-state index in [9.17, 15) is 22.4 Å². The van der Waals surface area contributed by atoms with Crippen LogP contribution in [0.5, 0.6) is 5.75 Å². The zero-order chi connectivity index (χ0) is 20.1. The SMILES string of the molecule is O=C(CCOc1ccc(F)cc1)N1CCN(c2ccc(C(F)(F)F)cc2)CC1. The van der Waals surface area contributed by atoms with E-state index in [-0.39, 0.29) is 24.8 Å². The maximum absolute atomic E-state index is 12.8. The molecule has 1 heterocycles. The van der Waals surface area contributed by atoms with Gasteiger partial charge in [-0.1, -0.05) is 0 Å². The number of carbonyl (C=O) groups is 1. The zero-order valence-electron chi connectivity index (χ0n) is 15.1. The molecule has 0 aromatic heterocycles. The van der Waals surface area contributed by atoms with Gasteiger partial charge in [-0.3, -0.25) is 4.79 Å². The van der Waals surface area contributed by atoms with Gasteiger partial charge in [-0.25, -0.2) is 4.39 Å². The van der Waals surface area contributed by atoms with E-state index in [1.807, 2.05) is 4.90 Å².